The van der Waals surface area contributed by atoms with Gasteiger partial charge in [0.1, 0.15) is 5.82 Å². The Labute approximate surface area is 188 Å². The van der Waals surface area contributed by atoms with Crippen molar-refractivity contribution in [1.29, 1.82) is 0 Å². The van der Waals surface area contributed by atoms with Gasteiger partial charge in [-0.15, -0.1) is 0 Å². The highest BCUT2D eigenvalue weighted by Gasteiger charge is 2.14. The van der Waals surface area contributed by atoms with Gasteiger partial charge in [0, 0.05) is 36.2 Å². The predicted molar refractivity (Wildman–Crippen MR) is 123 cm³/mol. The van der Waals surface area contributed by atoms with Crippen LogP contribution in [-0.4, -0.2) is 35.9 Å². The highest BCUT2D eigenvalue weighted by Crippen LogP contribution is 2.28. The molecule has 3 aromatic heterocycles. The SMILES string of the molecule is Cn1nc(-c2ccc(C(=O)Nc3cccnc3)cc2)nc1Cc1ccc2[nH]ncc2c1Cl. The number of fused-ring (bicyclic) bond motifs is 1. The highest BCUT2D eigenvalue weighted by molar-refractivity contribution is 6.36. The van der Waals surface area contributed by atoms with Crippen LogP contribution in [0.25, 0.3) is 22.3 Å². The van der Waals surface area contributed by atoms with E-state index in [4.69, 9.17) is 11.6 Å². The minimum absolute atomic E-state index is 0.205. The molecule has 0 atom stereocenters. The number of benzene rings is 2. The van der Waals surface area contributed by atoms with Gasteiger partial charge >= 0.3 is 0 Å². The van der Waals surface area contributed by atoms with E-state index in [2.05, 4.69) is 30.6 Å². The van der Waals surface area contributed by atoms with Crippen molar-refractivity contribution >= 4 is 34.1 Å². The topological polar surface area (TPSA) is 101 Å². The van der Waals surface area contributed by atoms with Gasteiger partial charge in [-0.05, 0) is 35.9 Å². The molecule has 0 saturated heterocycles. The summed E-state index contributed by atoms with van der Waals surface area (Å²) in [5.41, 5.74) is 3.84. The van der Waals surface area contributed by atoms with Crippen LogP contribution in [0.15, 0.2) is 67.1 Å². The van der Waals surface area contributed by atoms with Crippen molar-refractivity contribution < 1.29 is 4.79 Å². The minimum atomic E-state index is -0.205. The zero-order chi connectivity index (χ0) is 22.1. The van der Waals surface area contributed by atoms with Gasteiger partial charge in [-0.2, -0.15) is 10.2 Å². The Morgan fingerprint density at radius 1 is 1.12 bits per heavy atom. The number of aromatic nitrogens is 6. The number of hydrogen-bond donors (Lipinski definition) is 2. The molecule has 32 heavy (non-hydrogen) atoms. The van der Waals surface area contributed by atoms with Gasteiger partial charge in [0.2, 0.25) is 0 Å². The molecule has 3 heterocycles. The van der Waals surface area contributed by atoms with Crippen LogP contribution in [0.3, 0.4) is 0 Å². The van der Waals surface area contributed by atoms with Crippen molar-refractivity contribution in [3.05, 3.63) is 89.1 Å². The fraction of sp³-hybridized carbons (Fsp3) is 0.0870. The summed E-state index contributed by atoms with van der Waals surface area (Å²) in [5.74, 6) is 1.16. The fourth-order valence-corrected chi connectivity index (χ4v) is 3.72. The Balaban J connectivity index is 1.35. The molecule has 8 nitrogen and oxygen atoms in total. The number of anilines is 1. The van der Waals surface area contributed by atoms with Crippen LogP contribution in [0.2, 0.25) is 5.02 Å². The molecular weight excluding hydrogens is 426 g/mol. The van der Waals surface area contributed by atoms with E-state index in [-0.39, 0.29) is 5.91 Å². The van der Waals surface area contributed by atoms with Crippen LogP contribution in [0.5, 0.6) is 0 Å². The average Bonchev–Trinajstić information content (AvgIpc) is 3.44. The van der Waals surface area contributed by atoms with Crippen LogP contribution >= 0.6 is 11.6 Å². The molecule has 9 heteroatoms. The molecule has 5 aromatic rings. The standard InChI is InChI=1S/C23H18ClN7O/c1-31-20(11-16-8-9-19-18(21(16)24)13-26-29-19)28-22(30-31)14-4-6-15(7-5-14)23(32)27-17-3-2-10-25-12-17/h2-10,12-13H,11H2,1H3,(H,26,29)(H,27,32). The van der Waals surface area contributed by atoms with Crippen molar-refractivity contribution in [3.8, 4) is 11.4 Å². The number of hydrogen-bond acceptors (Lipinski definition) is 5. The molecule has 0 aliphatic carbocycles. The molecule has 0 aliphatic rings. The summed E-state index contributed by atoms with van der Waals surface area (Å²) in [6.45, 7) is 0. The Hall–Kier alpha value is -4.04. The number of halogens is 1. The molecule has 0 fully saturated rings. The van der Waals surface area contributed by atoms with Gasteiger partial charge in [0.25, 0.3) is 5.91 Å². The number of carbonyl (C=O) groups is 1. The first-order valence-electron chi connectivity index (χ1n) is 9.90. The zero-order valence-electron chi connectivity index (χ0n) is 17.1. The fourth-order valence-electron chi connectivity index (χ4n) is 3.44. The Morgan fingerprint density at radius 3 is 2.75 bits per heavy atom. The van der Waals surface area contributed by atoms with Crippen LogP contribution in [0, 0.1) is 0 Å². The monoisotopic (exact) mass is 443 g/mol. The van der Waals surface area contributed by atoms with Crippen LogP contribution < -0.4 is 5.32 Å². The van der Waals surface area contributed by atoms with Crippen molar-refractivity contribution in [3.63, 3.8) is 0 Å². The summed E-state index contributed by atoms with van der Waals surface area (Å²) >= 11 is 6.55. The van der Waals surface area contributed by atoms with Crippen LogP contribution in [0.1, 0.15) is 21.7 Å². The lowest BCUT2D eigenvalue weighted by atomic mass is 10.1. The Morgan fingerprint density at radius 2 is 1.97 bits per heavy atom. The van der Waals surface area contributed by atoms with Crippen molar-refractivity contribution in [1.82, 2.24) is 29.9 Å². The molecule has 2 N–H and O–H groups in total. The molecule has 0 saturated carbocycles. The molecule has 0 bridgehead atoms. The van der Waals surface area contributed by atoms with Crippen molar-refractivity contribution in [2.24, 2.45) is 7.05 Å². The van der Waals surface area contributed by atoms with Gasteiger partial charge < -0.3 is 5.32 Å². The molecule has 0 aliphatic heterocycles. The lowest BCUT2D eigenvalue weighted by Gasteiger charge is -2.05. The average molecular weight is 444 g/mol. The van der Waals surface area contributed by atoms with E-state index in [0.29, 0.717) is 28.5 Å². The highest BCUT2D eigenvalue weighted by atomic mass is 35.5. The maximum absolute atomic E-state index is 12.4. The van der Waals surface area contributed by atoms with E-state index in [1.807, 2.05) is 31.3 Å². The summed E-state index contributed by atoms with van der Waals surface area (Å²) in [4.78, 5) is 21.1. The second-order valence-electron chi connectivity index (χ2n) is 7.30. The first kappa shape index (κ1) is 19.9. The number of nitrogens with one attached hydrogen (secondary N) is 2. The molecule has 5 rings (SSSR count). The third kappa shape index (κ3) is 3.83. The molecule has 2 aromatic carbocycles. The molecule has 0 spiro atoms. The van der Waals surface area contributed by atoms with Crippen LogP contribution in [0.4, 0.5) is 5.69 Å². The summed E-state index contributed by atoms with van der Waals surface area (Å²) in [7, 11) is 1.85. The van der Waals surface area contributed by atoms with Gasteiger partial charge in [-0.1, -0.05) is 29.8 Å². The number of pyridine rings is 1. The number of amides is 1. The van der Waals surface area contributed by atoms with Crippen LogP contribution in [-0.2, 0) is 13.5 Å². The summed E-state index contributed by atoms with van der Waals surface area (Å²) in [6.07, 6.45) is 5.51. The van der Waals surface area contributed by atoms with E-state index >= 15 is 0 Å². The lowest BCUT2D eigenvalue weighted by Crippen LogP contribution is -2.11. The van der Waals surface area contributed by atoms with Gasteiger partial charge in [-0.3, -0.25) is 19.6 Å². The first-order valence-corrected chi connectivity index (χ1v) is 10.3. The second kappa shape index (κ2) is 8.24. The summed E-state index contributed by atoms with van der Waals surface area (Å²) in [6, 6.07) is 14.6. The van der Waals surface area contributed by atoms with E-state index in [1.54, 1.807) is 47.5 Å². The Kier molecular flexibility index (Phi) is 5.12. The number of H-pyrrole nitrogens is 1. The number of rotatable bonds is 5. The van der Waals surface area contributed by atoms with E-state index in [1.165, 1.54) is 0 Å². The number of aryl methyl sites for hydroxylation is 1. The molecule has 1 amide bonds. The third-order valence-corrected chi connectivity index (χ3v) is 5.61. The van der Waals surface area contributed by atoms with E-state index < -0.39 is 0 Å². The predicted octanol–water partition coefficient (Wildman–Crippen LogP) is 4.25. The van der Waals surface area contributed by atoms with Crippen molar-refractivity contribution in [2.45, 2.75) is 6.42 Å². The Bertz CT molecular complexity index is 1410. The van der Waals surface area contributed by atoms with Gasteiger partial charge in [-0.25, -0.2) is 4.98 Å². The maximum Gasteiger partial charge on any atom is 0.255 e. The number of carbonyl (C=O) groups excluding carboxylic acids is 1. The minimum Gasteiger partial charge on any atom is -0.321 e. The largest absolute Gasteiger partial charge is 0.321 e. The summed E-state index contributed by atoms with van der Waals surface area (Å²) < 4.78 is 1.74. The van der Waals surface area contributed by atoms with E-state index in [9.17, 15) is 4.79 Å². The molecule has 0 radical (unpaired) electrons. The lowest BCUT2D eigenvalue weighted by molar-refractivity contribution is 0.102. The maximum atomic E-state index is 12.4. The summed E-state index contributed by atoms with van der Waals surface area (Å²) in [5, 5.41) is 15.8. The van der Waals surface area contributed by atoms with E-state index in [0.717, 1.165) is 27.9 Å². The van der Waals surface area contributed by atoms with Gasteiger partial charge in [0.15, 0.2) is 5.82 Å². The smallest absolute Gasteiger partial charge is 0.255 e. The zero-order valence-corrected chi connectivity index (χ0v) is 17.8. The molecular formula is C23H18ClN7O. The molecule has 0 unspecified atom stereocenters. The normalized spacial score (nSPS) is 11.1. The quantitative estimate of drug-likeness (QED) is 0.423. The van der Waals surface area contributed by atoms with Gasteiger partial charge in [0.05, 0.1) is 28.6 Å². The number of aromatic amines is 1. The van der Waals surface area contributed by atoms with Crippen molar-refractivity contribution in [2.75, 3.05) is 5.32 Å². The first-order chi connectivity index (χ1) is 15.6. The number of nitrogens with zero attached hydrogens (tertiary/aromatic N) is 5. The molecule has 158 valence electrons. The third-order valence-electron chi connectivity index (χ3n) is 5.16. The second-order valence-corrected chi connectivity index (χ2v) is 7.67.